The molecule has 0 aliphatic carbocycles. The predicted molar refractivity (Wildman–Crippen MR) is 58.5 cm³/mol. The smallest absolute Gasteiger partial charge is 0.0540 e. The summed E-state index contributed by atoms with van der Waals surface area (Å²) in [5.74, 6) is 0.441. The molecular weight excluding hydrogens is 190 g/mol. The fourth-order valence-corrected chi connectivity index (χ4v) is 2.26. The van der Waals surface area contributed by atoms with E-state index in [9.17, 15) is 5.11 Å². The van der Waals surface area contributed by atoms with Gasteiger partial charge in [-0.25, -0.2) is 0 Å². The minimum absolute atomic E-state index is 0.303. The first-order valence-corrected chi connectivity index (χ1v) is 5.55. The lowest BCUT2D eigenvalue weighted by molar-refractivity contribution is 0.176. The molecule has 15 heavy (non-hydrogen) atoms. The fourth-order valence-electron chi connectivity index (χ4n) is 2.26. The summed E-state index contributed by atoms with van der Waals surface area (Å²) < 4.78 is 1.90. The molecule has 2 rings (SSSR count). The minimum atomic E-state index is 0.303. The molecule has 0 bridgehead atoms. The number of nitrogens with zero attached hydrogens (tertiary/aromatic N) is 2. The largest absolute Gasteiger partial charge is 0.396 e. The van der Waals surface area contributed by atoms with Crippen molar-refractivity contribution in [2.75, 3.05) is 13.2 Å². The molecular formula is C11H19N3O. The molecule has 2 N–H and O–H groups in total. The third-order valence-corrected chi connectivity index (χ3v) is 3.42. The molecule has 1 aromatic rings. The molecule has 2 unspecified atom stereocenters. The maximum atomic E-state index is 9.18. The third kappa shape index (κ3) is 2.06. The van der Waals surface area contributed by atoms with Gasteiger partial charge in [0, 0.05) is 31.0 Å². The van der Waals surface area contributed by atoms with Crippen LogP contribution in [-0.2, 0) is 7.05 Å². The van der Waals surface area contributed by atoms with Crippen LogP contribution in [0.1, 0.15) is 30.1 Å². The van der Waals surface area contributed by atoms with Crippen LogP contribution >= 0.6 is 0 Å². The molecule has 0 aromatic carbocycles. The van der Waals surface area contributed by atoms with Gasteiger partial charge in [0.15, 0.2) is 0 Å². The molecule has 2 atom stereocenters. The van der Waals surface area contributed by atoms with Gasteiger partial charge < -0.3 is 10.4 Å². The van der Waals surface area contributed by atoms with Crippen molar-refractivity contribution in [1.29, 1.82) is 0 Å². The molecule has 1 saturated heterocycles. The van der Waals surface area contributed by atoms with Crippen molar-refractivity contribution in [3.05, 3.63) is 17.5 Å². The van der Waals surface area contributed by atoms with E-state index in [1.807, 2.05) is 17.9 Å². The number of nitrogens with one attached hydrogen (secondary N) is 1. The van der Waals surface area contributed by atoms with E-state index in [1.54, 1.807) is 0 Å². The number of aryl methyl sites for hydroxylation is 1. The quantitative estimate of drug-likeness (QED) is 0.756. The molecule has 0 saturated carbocycles. The molecule has 1 aromatic heterocycles. The molecule has 0 radical (unpaired) electrons. The maximum Gasteiger partial charge on any atom is 0.0540 e. The van der Waals surface area contributed by atoms with Crippen molar-refractivity contribution in [1.82, 2.24) is 15.1 Å². The summed E-state index contributed by atoms with van der Waals surface area (Å²) in [7, 11) is 1.96. The third-order valence-electron chi connectivity index (χ3n) is 3.42. The fraction of sp³-hybridized carbons (Fsp3) is 0.727. The van der Waals surface area contributed by atoms with E-state index in [4.69, 9.17) is 0 Å². The summed E-state index contributed by atoms with van der Waals surface area (Å²) in [6.07, 6.45) is 4.03. The van der Waals surface area contributed by atoms with Crippen molar-refractivity contribution >= 4 is 0 Å². The van der Waals surface area contributed by atoms with Gasteiger partial charge in [0.2, 0.25) is 0 Å². The number of hydrogen-bond donors (Lipinski definition) is 2. The molecule has 84 valence electrons. The second kappa shape index (κ2) is 4.33. The highest BCUT2D eigenvalue weighted by Crippen LogP contribution is 2.28. The van der Waals surface area contributed by atoms with Gasteiger partial charge in [-0.2, -0.15) is 5.10 Å². The number of piperidine rings is 1. The van der Waals surface area contributed by atoms with E-state index in [1.165, 1.54) is 11.3 Å². The number of hydrogen-bond acceptors (Lipinski definition) is 3. The van der Waals surface area contributed by atoms with Crippen LogP contribution in [0.15, 0.2) is 6.20 Å². The van der Waals surface area contributed by atoms with Gasteiger partial charge >= 0.3 is 0 Å². The maximum absolute atomic E-state index is 9.18. The summed E-state index contributed by atoms with van der Waals surface area (Å²) >= 11 is 0. The van der Waals surface area contributed by atoms with Crippen LogP contribution in [0.4, 0.5) is 0 Å². The summed E-state index contributed by atoms with van der Waals surface area (Å²) in [5, 5.41) is 16.9. The SMILES string of the molecule is Cc1c(C2CC(CO)CCN2)cnn1C. The molecule has 4 heteroatoms. The van der Waals surface area contributed by atoms with E-state index < -0.39 is 0 Å². The van der Waals surface area contributed by atoms with Gasteiger partial charge in [0.05, 0.1) is 6.20 Å². The van der Waals surface area contributed by atoms with Gasteiger partial charge in [-0.05, 0) is 32.2 Å². The summed E-state index contributed by atoms with van der Waals surface area (Å²) in [4.78, 5) is 0. The topological polar surface area (TPSA) is 50.1 Å². The highest BCUT2D eigenvalue weighted by Gasteiger charge is 2.24. The molecule has 0 spiro atoms. The first kappa shape index (κ1) is 10.6. The summed E-state index contributed by atoms with van der Waals surface area (Å²) in [5.41, 5.74) is 2.49. The molecule has 1 aliphatic heterocycles. The molecule has 1 fully saturated rings. The Bertz CT molecular complexity index is 335. The summed E-state index contributed by atoms with van der Waals surface area (Å²) in [6.45, 7) is 3.38. The Morgan fingerprint density at radius 3 is 3.07 bits per heavy atom. The van der Waals surface area contributed by atoms with Crippen LogP contribution in [0.2, 0.25) is 0 Å². The second-order valence-electron chi connectivity index (χ2n) is 4.39. The van der Waals surface area contributed by atoms with Gasteiger partial charge in [0.1, 0.15) is 0 Å². The van der Waals surface area contributed by atoms with Crippen molar-refractivity contribution in [2.24, 2.45) is 13.0 Å². The van der Waals surface area contributed by atoms with Gasteiger partial charge in [-0.3, -0.25) is 4.68 Å². The Labute approximate surface area is 90.3 Å². The van der Waals surface area contributed by atoms with Crippen molar-refractivity contribution in [3.8, 4) is 0 Å². The van der Waals surface area contributed by atoms with Gasteiger partial charge in [-0.15, -0.1) is 0 Å². The number of aromatic nitrogens is 2. The second-order valence-corrected chi connectivity index (χ2v) is 4.39. The lowest BCUT2D eigenvalue weighted by Gasteiger charge is -2.29. The van der Waals surface area contributed by atoms with Crippen molar-refractivity contribution in [2.45, 2.75) is 25.8 Å². The van der Waals surface area contributed by atoms with Crippen LogP contribution in [0.3, 0.4) is 0 Å². The zero-order chi connectivity index (χ0) is 10.8. The van der Waals surface area contributed by atoms with Gasteiger partial charge in [0.25, 0.3) is 0 Å². The Kier molecular flexibility index (Phi) is 3.07. The average molecular weight is 209 g/mol. The zero-order valence-corrected chi connectivity index (χ0v) is 9.40. The normalized spacial score (nSPS) is 26.9. The molecule has 2 heterocycles. The van der Waals surface area contributed by atoms with Crippen LogP contribution in [0.25, 0.3) is 0 Å². The lowest BCUT2D eigenvalue weighted by atomic mass is 9.89. The predicted octanol–water partition coefficient (Wildman–Crippen LogP) is 0.762. The van der Waals surface area contributed by atoms with E-state index in [0.717, 1.165) is 19.4 Å². The molecule has 4 nitrogen and oxygen atoms in total. The lowest BCUT2D eigenvalue weighted by Crippen LogP contribution is -2.33. The van der Waals surface area contributed by atoms with Crippen molar-refractivity contribution < 1.29 is 5.11 Å². The van der Waals surface area contributed by atoms with E-state index in [2.05, 4.69) is 17.3 Å². The van der Waals surface area contributed by atoms with Crippen molar-refractivity contribution in [3.63, 3.8) is 0 Å². The van der Waals surface area contributed by atoms with E-state index >= 15 is 0 Å². The zero-order valence-electron chi connectivity index (χ0n) is 9.40. The minimum Gasteiger partial charge on any atom is -0.396 e. The van der Waals surface area contributed by atoms with Crippen LogP contribution < -0.4 is 5.32 Å². The number of rotatable bonds is 2. The Morgan fingerprint density at radius 1 is 1.67 bits per heavy atom. The van der Waals surface area contributed by atoms with Crippen LogP contribution in [0, 0.1) is 12.8 Å². The molecule has 0 amide bonds. The highest BCUT2D eigenvalue weighted by molar-refractivity contribution is 5.21. The summed E-state index contributed by atoms with van der Waals surface area (Å²) in [6, 6.07) is 0.365. The van der Waals surface area contributed by atoms with E-state index in [-0.39, 0.29) is 0 Å². The molecule has 1 aliphatic rings. The first-order chi connectivity index (χ1) is 7.22. The Morgan fingerprint density at radius 2 is 2.47 bits per heavy atom. The number of aliphatic hydroxyl groups excluding tert-OH is 1. The Hall–Kier alpha value is -0.870. The van der Waals surface area contributed by atoms with E-state index in [0.29, 0.717) is 18.6 Å². The van der Waals surface area contributed by atoms with Crippen LogP contribution in [-0.4, -0.2) is 28.0 Å². The van der Waals surface area contributed by atoms with Crippen LogP contribution in [0.5, 0.6) is 0 Å². The monoisotopic (exact) mass is 209 g/mol. The number of aliphatic hydroxyl groups is 1. The highest BCUT2D eigenvalue weighted by atomic mass is 16.3. The standard InChI is InChI=1S/C11H19N3O/c1-8-10(6-13-14(8)2)11-5-9(7-15)3-4-12-11/h6,9,11-12,15H,3-5,7H2,1-2H3. The first-order valence-electron chi connectivity index (χ1n) is 5.55. The average Bonchev–Trinajstić information content (AvgIpc) is 2.60. The van der Waals surface area contributed by atoms with Gasteiger partial charge in [-0.1, -0.05) is 0 Å². The Balaban J connectivity index is 2.13.